The van der Waals surface area contributed by atoms with Gasteiger partial charge in [-0.25, -0.2) is 13.1 Å². The van der Waals surface area contributed by atoms with Crippen molar-refractivity contribution < 1.29 is 18.3 Å². The summed E-state index contributed by atoms with van der Waals surface area (Å²) in [7, 11) is -3.81. The van der Waals surface area contributed by atoms with Gasteiger partial charge in [0.2, 0.25) is 10.0 Å². The molecule has 0 aromatic heterocycles. The molecule has 0 radical (unpaired) electrons. The fraction of sp³-hybridized carbons (Fsp3) is 0.462. The minimum absolute atomic E-state index is 0.0344. The van der Waals surface area contributed by atoms with E-state index in [1.807, 2.05) is 0 Å². The Kier molecular flexibility index (Phi) is 5.14. The van der Waals surface area contributed by atoms with Crippen LogP contribution in [0.4, 0.5) is 0 Å². The monoisotopic (exact) mass is 351 g/mol. The zero-order chi connectivity index (χ0) is 15.6. The zero-order valence-electron chi connectivity index (χ0n) is 11.1. The molecule has 8 heteroatoms. The summed E-state index contributed by atoms with van der Waals surface area (Å²) in [5.74, 6) is -1.57. The van der Waals surface area contributed by atoms with Crippen LogP contribution in [0.1, 0.15) is 19.3 Å². The van der Waals surface area contributed by atoms with Crippen LogP contribution in [-0.2, 0) is 14.8 Å². The molecule has 2 unspecified atom stereocenters. The summed E-state index contributed by atoms with van der Waals surface area (Å²) in [6, 6.07) is 4.36. The standard InChI is InChI=1S/C13H15Cl2NO4S/c14-10-5-2-6-11(12(10)15)21(19,20)16-7-8-3-1-4-9(8)13(17)18/h2,5-6,8-9,16H,1,3-4,7H2,(H,17,18). The third-order valence-corrected chi connectivity index (χ3v) is 6.11. The summed E-state index contributed by atoms with van der Waals surface area (Å²) in [6.07, 6.45) is 2.07. The average Bonchev–Trinajstić information content (AvgIpc) is 2.88. The molecule has 5 nitrogen and oxygen atoms in total. The molecule has 0 saturated heterocycles. The largest absolute Gasteiger partial charge is 0.481 e. The lowest BCUT2D eigenvalue weighted by molar-refractivity contribution is -0.142. The summed E-state index contributed by atoms with van der Waals surface area (Å²) in [4.78, 5) is 11.0. The molecule has 1 aliphatic carbocycles. The number of rotatable bonds is 5. The number of benzene rings is 1. The maximum Gasteiger partial charge on any atom is 0.306 e. The SMILES string of the molecule is O=C(O)C1CCCC1CNS(=O)(=O)c1cccc(Cl)c1Cl. The molecule has 2 rings (SSSR count). The van der Waals surface area contributed by atoms with E-state index < -0.39 is 21.9 Å². The minimum Gasteiger partial charge on any atom is -0.481 e. The maximum absolute atomic E-state index is 12.2. The Balaban J connectivity index is 2.12. The Morgan fingerprint density at radius 1 is 1.33 bits per heavy atom. The highest BCUT2D eigenvalue weighted by atomic mass is 35.5. The van der Waals surface area contributed by atoms with Crippen molar-refractivity contribution in [3.63, 3.8) is 0 Å². The van der Waals surface area contributed by atoms with Crippen molar-refractivity contribution in [3.05, 3.63) is 28.2 Å². The molecular weight excluding hydrogens is 337 g/mol. The highest BCUT2D eigenvalue weighted by Gasteiger charge is 2.33. The number of aliphatic carboxylic acids is 1. The van der Waals surface area contributed by atoms with E-state index in [0.717, 1.165) is 6.42 Å². The number of hydrogen-bond acceptors (Lipinski definition) is 3. The van der Waals surface area contributed by atoms with Crippen molar-refractivity contribution in [3.8, 4) is 0 Å². The van der Waals surface area contributed by atoms with Gasteiger partial charge in [0.05, 0.1) is 16.0 Å². The molecule has 1 aliphatic rings. The van der Waals surface area contributed by atoms with Gasteiger partial charge in [-0.15, -0.1) is 0 Å². The lowest BCUT2D eigenvalue weighted by Gasteiger charge is -2.17. The van der Waals surface area contributed by atoms with Crippen LogP contribution in [0.3, 0.4) is 0 Å². The lowest BCUT2D eigenvalue weighted by Crippen LogP contribution is -2.33. The second-order valence-electron chi connectivity index (χ2n) is 5.04. The second-order valence-corrected chi connectivity index (χ2v) is 7.56. The van der Waals surface area contributed by atoms with Crippen LogP contribution in [0.25, 0.3) is 0 Å². The molecule has 0 heterocycles. The molecule has 0 amide bonds. The number of hydrogen-bond donors (Lipinski definition) is 2. The summed E-state index contributed by atoms with van der Waals surface area (Å²) in [6.45, 7) is 0.0855. The van der Waals surface area contributed by atoms with Gasteiger partial charge in [0.1, 0.15) is 4.90 Å². The molecule has 0 bridgehead atoms. The average molecular weight is 352 g/mol. The van der Waals surface area contributed by atoms with E-state index in [-0.39, 0.29) is 27.4 Å². The summed E-state index contributed by atoms with van der Waals surface area (Å²) in [5.41, 5.74) is 0. The fourth-order valence-electron chi connectivity index (χ4n) is 2.59. The summed E-state index contributed by atoms with van der Waals surface area (Å²) < 4.78 is 26.9. The second kappa shape index (κ2) is 6.52. The Labute approximate surface area is 133 Å². The number of sulfonamides is 1. The highest BCUT2D eigenvalue weighted by Crippen LogP contribution is 2.32. The number of carboxylic acids is 1. The molecule has 1 fully saturated rings. The van der Waals surface area contributed by atoms with Crippen LogP contribution >= 0.6 is 23.2 Å². The minimum atomic E-state index is -3.81. The summed E-state index contributed by atoms with van der Waals surface area (Å²) >= 11 is 11.7. The fourth-order valence-corrected chi connectivity index (χ4v) is 4.45. The van der Waals surface area contributed by atoms with Crippen LogP contribution in [0.2, 0.25) is 10.0 Å². The number of halogens is 2. The van der Waals surface area contributed by atoms with E-state index in [1.165, 1.54) is 18.2 Å². The molecule has 0 spiro atoms. The van der Waals surface area contributed by atoms with Crippen LogP contribution in [0.15, 0.2) is 23.1 Å². The van der Waals surface area contributed by atoms with Crippen molar-refractivity contribution >= 4 is 39.2 Å². The summed E-state index contributed by atoms with van der Waals surface area (Å²) in [5, 5.41) is 9.22. The van der Waals surface area contributed by atoms with E-state index in [0.29, 0.717) is 12.8 Å². The first-order valence-corrected chi connectivity index (χ1v) is 8.73. The molecule has 0 aliphatic heterocycles. The van der Waals surface area contributed by atoms with E-state index >= 15 is 0 Å². The Morgan fingerprint density at radius 3 is 2.71 bits per heavy atom. The van der Waals surface area contributed by atoms with Gasteiger partial charge >= 0.3 is 5.97 Å². The smallest absolute Gasteiger partial charge is 0.306 e. The third-order valence-electron chi connectivity index (χ3n) is 3.72. The van der Waals surface area contributed by atoms with Crippen molar-refractivity contribution in [2.24, 2.45) is 11.8 Å². The van der Waals surface area contributed by atoms with Gasteiger partial charge in [0, 0.05) is 6.54 Å². The topological polar surface area (TPSA) is 83.5 Å². The Morgan fingerprint density at radius 2 is 2.05 bits per heavy atom. The predicted molar refractivity (Wildman–Crippen MR) is 80.1 cm³/mol. The van der Waals surface area contributed by atoms with Crippen LogP contribution in [-0.4, -0.2) is 26.0 Å². The van der Waals surface area contributed by atoms with Crippen molar-refractivity contribution in [1.29, 1.82) is 0 Å². The van der Waals surface area contributed by atoms with Crippen molar-refractivity contribution in [2.75, 3.05) is 6.54 Å². The number of carboxylic acid groups (broad SMARTS) is 1. The van der Waals surface area contributed by atoms with E-state index in [9.17, 15) is 13.2 Å². The van der Waals surface area contributed by atoms with Gasteiger partial charge in [0.15, 0.2) is 0 Å². The Bertz CT molecular complexity index is 648. The molecule has 116 valence electrons. The highest BCUT2D eigenvalue weighted by molar-refractivity contribution is 7.89. The van der Waals surface area contributed by atoms with Gasteiger partial charge in [-0.2, -0.15) is 0 Å². The van der Waals surface area contributed by atoms with Gasteiger partial charge in [-0.1, -0.05) is 35.7 Å². The first kappa shape index (κ1) is 16.5. The Hall–Kier alpha value is -0.820. The van der Waals surface area contributed by atoms with Gasteiger partial charge < -0.3 is 5.11 Å². The first-order chi connectivity index (χ1) is 9.83. The molecule has 21 heavy (non-hydrogen) atoms. The lowest BCUT2D eigenvalue weighted by atomic mass is 9.97. The zero-order valence-corrected chi connectivity index (χ0v) is 13.4. The van der Waals surface area contributed by atoms with E-state index in [4.69, 9.17) is 28.3 Å². The molecule has 2 atom stereocenters. The molecule has 1 aromatic carbocycles. The van der Waals surface area contributed by atoms with E-state index in [2.05, 4.69) is 4.72 Å². The third kappa shape index (κ3) is 3.69. The van der Waals surface area contributed by atoms with Gasteiger partial charge in [-0.05, 0) is 30.9 Å². The van der Waals surface area contributed by atoms with Crippen LogP contribution < -0.4 is 4.72 Å². The quantitative estimate of drug-likeness (QED) is 0.854. The molecule has 2 N–H and O–H groups in total. The van der Waals surface area contributed by atoms with E-state index in [1.54, 1.807) is 0 Å². The first-order valence-electron chi connectivity index (χ1n) is 6.49. The molecular formula is C13H15Cl2NO4S. The van der Waals surface area contributed by atoms with Crippen LogP contribution in [0.5, 0.6) is 0 Å². The van der Waals surface area contributed by atoms with Gasteiger partial charge in [0.25, 0.3) is 0 Å². The van der Waals surface area contributed by atoms with Crippen molar-refractivity contribution in [2.45, 2.75) is 24.2 Å². The maximum atomic E-state index is 12.2. The van der Waals surface area contributed by atoms with Crippen molar-refractivity contribution in [1.82, 2.24) is 4.72 Å². The normalized spacial score (nSPS) is 22.4. The predicted octanol–water partition coefficient (Wildman–Crippen LogP) is 2.77. The van der Waals surface area contributed by atoms with Gasteiger partial charge in [-0.3, -0.25) is 4.79 Å². The van der Waals surface area contributed by atoms with Crippen LogP contribution in [0, 0.1) is 11.8 Å². The molecule has 1 saturated carbocycles. The number of carbonyl (C=O) groups is 1. The number of nitrogens with one attached hydrogen (secondary N) is 1. The molecule has 1 aromatic rings.